The molecule has 2 amide bonds. The van der Waals surface area contributed by atoms with E-state index in [9.17, 15) is 9.59 Å². The van der Waals surface area contributed by atoms with Crippen LogP contribution >= 0.6 is 0 Å². The van der Waals surface area contributed by atoms with Crippen molar-refractivity contribution in [3.63, 3.8) is 0 Å². The van der Waals surface area contributed by atoms with Crippen molar-refractivity contribution >= 4 is 17.5 Å². The molecule has 1 atom stereocenters. The van der Waals surface area contributed by atoms with Crippen LogP contribution in [-0.4, -0.2) is 42.5 Å². The van der Waals surface area contributed by atoms with Gasteiger partial charge in [-0.2, -0.15) is 0 Å². The van der Waals surface area contributed by atoms with Crippen molar-refractivity contribution in [2.24, 2.45) is 0 Å². The Kier molecular flexibility index (Phi) is 4.78. The Labute approximate surface area is 143 Å². The van der Waals surface area contributed by atoms with Gasteiger partial charge in [-0.1, -0.05) is 25.3 Å². The van der Waals surface area contributed by atoms with E-state index in [0.29, 0.717) is 17.5 Å². The Morgan fingerprint density at radius 1 is 1.29 bits per heavy atom. The van der Waals surface area contributed by atoms with Gasteiger partial charge >= 0.3 is 0 Å². The molecule has 24 heavy (non-hydrogen) atoms. The molecule has 1 saturated carbocycles. The second-order valence-electron chi connectivity index (χ2n) is 6.95. The summed E-state index contributed by atoms with van der Waals surface area (Å²) in [5.41, 5.74) is 1.74. The minimum absolute atomic E-state index is 0.00296. The lowest BCUT2D eigenvalue weighted by Crippen LogP contribution is -2.50. The second-order valence-corrected chi connectivity index (χ2v) is 6.95. The first-order valence-electron chi connectivity index (χ1n) is 8.81. The van der Waals surface area contributed by atoms with Gasteiger partial charge in [-0.3, -0.25) is 14.5 Å². The molecule has 0 aromatic heterocycles. The molecular weight excluding hydrogens is 304 g/mol. The average molecular weight is 330 g/mol. The van der Waals surface area contributed by atoms with Crippen LogP contribution in [0.2, 0.25) is 0 Å². The molecule has 5 nitrogen and oxygen atoms in total. The predicted molar refractivity (Wildman–Crippen MR) is 93.3 cm³/mol. The number of rotatable bonds is 3. The first-order valence-corrected chi connectivity index (χ1v) is 8.81. The van der Waals surface area contributed by atoms with E-state index in [-0.39, 0.29) is 18.4 Å². The molecule has 2 aliphatic rings. The minimum Gasteiger partial charge on any atom is -0.479 e. The quantitative estimate of drug-likeness (QED) is 0.856. The normalized spacial score (nSPS) is 21.2. The summed E-state index contributed by atoms with van der Waals surface area (Å²) in [5.74, 6) is 0.510. The zero-order valence-electron chi connectivity index (χ0n) is 14.7. The van der Waals surface area contributed by atoms with Crippen LogP contribution in [0, 0.1) is 6.92 Å². The highest BCUT2D eigenvalue weighted by atomic mass is 16.5. The second kappa shape index (κ2) is 6.83. The van der Waals surface area contributed by atoms with Crippen molar-refractivity contribution in [3.8, 4) is 5.75 Å². The van der Waals surface area contributed by atoms with Gasteiger partial charge in [0, 0.05) is 13.1 Å². The number of amides is 2. The molecule has 1 aromatic rings. The van der Waals surface area contributed by atoms with Gasteiger partial charge in [-0.25, -0.2) is 0 Å². The number of anilines is 1. The molecule has 0 saturated heterocycles. The third-order valence-electron chi connectivity index (χ3n) is 5.13. The molecule has 1 unspecified atom stereocenters. The SMILES string of the molecule is Cc1ccc2c(c1)N(CC(=O)N(C)C1CCCCC1)C(=O)C(C)O2. The van der Waals surface area contributed by atoms with Crippen molar-refractivity contribution < 1.29 is 14.3 Å². The summed E-state index contributed by atoms with van der Waals surface area (Å²) < 4.78 is 5.67. The van der Waals surface area contributed by atoms with Gasteiger partial charge in [0.2, 0.25) is 5.91 Å². The summed E-state index contributed by atoms with van der Waals surface area (Å²) >= 11 is 0. The van der Waals surface area contributed by atoms with E-state index < -0.39 is 6.10 Å². The van der Waals surface area contributed by atoms with Crippen LogP contribution < -0.4 is 9.64 Å². The fraction of sp³-hybridized carbons (Fsp3) is 0.579. The van der Waals surface area contributed by atoms with Crippen LogP contribution in [0.15, 0.2) is 18.2 Å². The van der Waals surface area contributed by atoms with E-state index >= 15 is 0 Å². The number of fused-ring (bicyclic) bond motifs is 1. The number of hydrogen-bond donors (Lipinski definition) is 0. The van der Waals surface area contributed by atoms with Crippen molar-refractivity contribution in [1.82, 2.24) is 4.90 Å². The van der Waals surface area contributed by atoms with Gasteiger partial charge in [-0.05, 0) is 44.4 Å². The molecule has 1 fully saturated rings. The third-order valence-corrected chi connectivity index (χ3v) is 5.13. The van der Waals surface area contributed by atoms with Gasteiger partial charge in [0.1, 0.15) is 12.3 Å². The van der Waals surface area contributed by atoms with Gasteiger partial charge in [0.05, 0.1) is 5.69 Å². The maximum absolute atomic E-state index is 12.7. The number of likely N-dealkylation sites (N-methyl/N-ethyl adjacent to an activating group) is 1. The Bertz CT molecular complexity index is 637. The van der Waals surface area contributed by atoms with Crippen LogP contribution in [0.1, 0.15) is 44.6 Å². The first-order chi connectivity index (χ1) is 11.5. The lowest BCUT2D eigenvalue weighted by Gasteiger charge is -2.36. The van der Waals surface area contributed by atoms with Crippen molar-refractivity contribution in [2.45, 2.75) is 58.1 Å². The average Bonchev–Trinajstić information content (AvgIpc) is 2.59. The number of hydrogen-bond acceptors (Lipinski definition) is 3. The molecule has 3 rings (SSSR count). The summed E-state index contributed by atoms with van der Waals surface area (Å²) in [4.78, 5) is 28.7. The molecule has 1 aromatic carbocycles. The van der Waals surface area contributed by atoms with E-state index in [4.69, 9.17) is 4.74 Å². The Hall–Kier alpha value is -2.04. The lowest BCUT2D eigenvalue weighted by molar-refractivity contribution is -0.134. The maximum atomic E-state index is 12.7. The zero-order valence-corrected chi connectivity index (χ0v) is 14.7. The molecule has 1 heterocycles. The summed E-state index contributed by atoms with van der Waals surface area (Å²) in [6, 6.07) is 6.04. The molecular formula is C19H26N2O3. The zero-order chi connectivity index (χ0) is 17.3. The van der Waals surface area contributed by atoms with E-state index in [0.717, 1.165) is 18.4 Å². The molecule has 5 heteroatoms. The summed E-state index contributed by atoms with van der Waals surface area (Å²) in [5, 5.41) is 0. The highest BCUT2D eigenvalue weighted by molar-refractivity contribution is 6.03. The van der Waals surface area contributed by atoms with Crippen molar-refractivity contribution in [3.05, 3.63) is 23.8 Å². The van der Waals surface area contributed by atoms with Gasteiger partial charge in [0.15, 0.2) is 6.10 Å². The van der Waals surface area contributed by atoms with E-state index in [1.54, 1.807) is 11.8 Å². The Balaban J connectivity index is 1.79. The largest absolute Gasteiger partial charge is 0.479 e. The third kappa shape index (κ3) is 3.25. The van der Waals surface area contributed by atoms with Gasteiger partial charge in [0.25, 0.3) is 5.91 Å². The summed E-state index contributed by atoms with van der Waals surface area (Å²) in [6.45, 7) is 3.78. The number of benzene rings is 1. The molecule has 130 valence electrons. The Morgan fingerprint density at radius 2 is 2.00 bits per heavy atom. The fourth-order valence-corrected chi connectivity index (χ4v) is 3.60. The lowest BCUT2D eigenvalue weighted by atomic mass is 9.94. The van der Waals surface area contributed by atoms with E-state index in [2.05, 4.69) is 0 Å². The fourth-order valence-electron chi connectivity index (χ4n) is 3.60. The van der Waals surface area contributed by atoms with Gasteiger partial charge in [-0.15, -0.1) is 0 Å². The smallest absolute Gasteiger partial charge is 0.268 e. The molecule has 0 spiro atoms. The highest BCUT2D eigenvalue weighted by Crippen LogP contribution is 2.35. The predicted octanol–water partition coefficient (Wildman–Crippen LogP) is 2.90. The van der Waals surface area contributed by atoms with Crippen molar-refractivity contribution in [1.29, 1.82) is 0 Å². The number of nitrogens with zero attached hydrogens (tertiary/aromatic N) is 2. The van der Waals surface area contributed by atoms with E-state index in [1.165, 1.54) is 19.3 Å². The molecule has 0 bridgehead atoms. The molecule has 0 N–H and O–H groups in total. The van der Waals surface area contributed by atoms with Crippen LogP contribution in [0.25, 0.3) is 0 Å². The minimum atomic E-state index is -0.562. The molecule has 1 aliphatic carbocycles. The summed E-state index contributed by atoms with van der Waals surface area (Å²) in [7, 11) is 1.86. The van der Waals surface area contributed by atoms with E-state index in [1.807, 2.05) is 37.1 Å². The molecule has 1 aliphatic heterocycles. The van der Waals surface area contributed by atoms with Gasteiger partial charge < -0.3 is 9.64 Å². The highest BCUT2D eigenvalue weighted by Gasteiger charge is 2.34. The van der Waals surface area contributed by atoms with Crippen LogP contribution in [0.4, 0.5) is 5.69 Å². The van der Waals surface area contributed by atoms with Crippen molar-refractivity contribution in [2.75, 3.05) is 18.5 Å². The topological polar surface area (TPSA) is 49.9 Å². The van der Waals surface area contributed by atoms with Crippen LogP contribution in [0.5, 0.6) is 5.75 Å². The van der Waals surface area contributed by atoms with Crippen LogP contribution in [-0.2, 0) is 9.59 Å². The number of aryl methyl sites for hydroxylation is 1. The number of ether oxygens (including phenoxy) is 1. The number of carbonyl (C=O) groups excluding carboxylic acids is 2. The first kappa shape index (κ1) is 16.8. The summed E-state index contributed by atoms with van der Waals surface area (Å²) in [6.07, 6.45) is 5.17. The molecule has 0 radical (unpaired) electrons. The number of carbonyl (C=O) groups is 2. The Morgan fingerprint density at radius 3 is 2.71 bits per heavy atom. The van der Waals surface area contributed by atoms with Crippen LogP contribution in [0.3, 0.4) is 0 Å². The maximum Gasteiger partial charge on any atom is 0.268 e. The monoisotopic (exact) mass is 330 g/mol. The standard InChI is InChI=1S/C19H26N2O3/c1-13-9-10-17-16(11-13)21(19(23)14(2)24-17)12-18(22)20(3)15-7-5-4-6-8-15/h9-11,14-15H,4-8,12H2,1-3H3.